The van der Waals surface area contributed by atoms with Crippen LogP contribution in [-0.4, -0.2) is 62.3 Å². The lowest BCUT2D eigenvalue weighted by molar-refractivity contribution is -0.136. The second-order valence-electron chi connectivity index (χ2n) is 6.89. The van der Waals surface area contributed by atoms with Crippen molar-refractivity contribution in [3.05, 3.63) is 0 Å². The molecular weight excluding hydrogens is 278 g/mol. The number of likely N-dealkylation sites (tertiary alicyclic amines) is 1. The Hall–Kier alpha value is -0.650. The molecule has 0 aromatic carbocycles. The smallest absolute Gasteiger partial charge is 0.248 e. The van der Waals surface area contributed by atoms with Gasteiger partial charge in [-0.25, -0.2) is 0 Å². The van der Waals surface area contributed by atoms with Crippen LogP contribution in [0.2, 0.25) is 0 Å². The molecule has 2 rings (SSSR count). The predicted octanol–water partition coefficient (Wildman–Crippen LogP) is 1.52. The first-order valence-corrected chi connectivity index (χ1v) is 8.95. The minimum atomic E-state index is 0.122. The van der Waals surface area contributed by atoms with Gasteiger partial charge in [0.05, 0.1) is 0 Å². The van der Waals surface area contributed by atoms with Crippen LogP contribution in [0.25, 0.3) is 0 Å². The fourth-order valence-corrected chi connectivity index (χ4v) is 3.71. The SMILES string of the molecule is COCC(=O)N1CCC(NC(C)CC2CCCCCN2)CC1. The Kier molecular flexibility index (Phi) is 7.63. The summed E-state index contributed by atoms with van der Waals surface area (Å²) in [5.74, 6) is 0.122. The molecular formula is C17H33N3O2. The highest BCUT2D eigenvalue weighted by Gasteiger charge is 2.24. The summed E-state index contributed by atoms with van der Waals surface area (Å²) in [6, 6.07) is 1.77. The summed E-state index contributed by atoms with van der Waals surface area (Å²) in [6.45, 7) is 5.40. The van der Waals surface area contributed by atoms with Gasteiger partial charge in [-0.1, -0.05) is 12.8 Å². The number of nitrogens with one attached hydrogen (secondary N) is 2. The maximum absolute atomic E-state index is 11.8. The van der Waals surface area contributed by atoms with Crippen LogP contribution >= 0.6 is 0 Å². The van der Waals surface area contributed by atoms with E-state index >= 15 is 0 Å². The molecule has 0 aliphatic carbocycles. The third-order valence-electron chi connectivity index (χ3n) is 4.94. The van der Waals surface area contributed by atoms with E-state index in [9.17, 15) is 4.79 Å². The van der Waals surface area contributed by atoms with E-state index in [2.05, 4.69) is 17.6 Å². The molecule has 1 amide bonds. The normalized spacial score (nSPS) is 25.7. The highest BCUT2D eigenvalue weighted by Crippen LogP contribution is 2.15. The molecule has 2 aliphatic heterocycles. The van der Waals surface area contributed by atoms with E-state index in [4.69, 9.17) is 4.74 Å². The molecule has 0 aromatic rings. The number of carbonyl (C=O) groups excluding carboxylic acids is 1. The Morgan fingerprint density at radius 3 is 2.77 bits per heavy atom. The Bertz CT molecular complexity index is 322. The number of hydrogen-bond donors (Lipinski definition) is 2. The molecule has 0 aromatic heterocycles. The molecule has 2 unspecified atom stereocenters. The van der Waals surface area contributed by atoms with Gasteiger partial charge in [0.25, 0.3) is 0 Å². The lowest BCUT2D eigenvalue weighted by Gasteiger charge is -2.34. The summed E-state index contributed by atoms with van der Waals surface area (Å²) < 4.78 is 4.93. The third kappa shape index (κ3) is 5.86. The Balaban J connectivity index is 1.65. The largest absolute Gasteiger partial charge is 0.375 e. The molecule has 2 fully saturated rings. The standard InChI is InChI=1S/C17H33N3O2/c1-14(12-16-6-4-3-5-9-18-16)19-15-7-10-20(11-8-15)17(21)13-22-2/h14-16,18-19H,3-13H2,1-2H3. The van der Waals surface area contributed by atoms with E-state index in [1.54, 1.807) is 7.11 Å². The Morgan fingerprint density at radius 1 is 1.27 bits per heavy atom. The van der Waals surface area contributed by atoms with Gasteiger partial charge < -0.3 is 20.3 Å². The lowest BCUT2D eigenvalue weighted by atomic mass is 10.00. The Morgan fingerprint density at radius 2 is 2.05 bits per heavy atom. The molecule has 2 heterocycles. The summed E-state index contributed by atoms with van der Waals surface area (Å²) in [5, 5.41) is 7.45. The molecule has 2 aliphatic rings. The zero-order valence-electron chi connectivity index (χ0n) is 14.3. The zero-order valence-corrected chi connectivity index (χ0v) is 14.3. The third-order valence-corrected chi connectivity index (χ3v) is 4.94. The van der Waals surface area contributed by atoms with Crippen LogP contribution in [0.15, 0.2) is 0 Å². The lowest BCUT2D eigenvalue weighted by Crippen LogP contribution is -2.49. The molecule has 22 heavy (non-hydrogen) atoms. The van der Waals surface area contributed by atoms with E-state index in [1.807, 2.05) is 4.90 Å². The fraction of sp³-hybridized carbons (Fsp3) is 0.941. The molecule has 0 saturated carbocycles. The van der Waals surface area contributed by atoms with Crippen molar-refractivity contribution < 1.29 is 9.53 Å². The van der Waals surface area contributed by atoms with Crippen LogP contribution in [0, 0.1) is 0 Å². The number of piperidine rings is 1. The first-order valence-electron chi connectivity index (χ1n) is 8.95. The predicted molar refractivity (Wildman–Crippen MR) is 89.0 cm³/mol. The van der Waals surface area contributed by atoms with Gasteiger partial charge in [0, 0.05) is 38.3 Å². The molecule has 0 radical (unpaired) electrons. The monoisotopic (exact) mass is 311 g/mol. The van der Waals surface area contributed by atoms with Gasteiger partial charge in [-0.15, -0.1) is 0 Å². The number of carbonyl (C=O) groups is 1. The molecule has 5 heteroatoms. The van der Waals surface area contributed by atoms with Crippen molar-refractivity contribution in [3.63, 3.8) is 0 Å². The highest BCUT2D eigenvalue weighted by molar-refractivity contribution is 5.77. The van der Waals surface area contributed by atoms with Gasteiger partial charge in [0.1, 0.15) is 6.61 Å². The second kappa shape index (κ2) is 9.48. The zero-order chi connectivity index (χ0) is 15.8. The fourth-order valence-electron chi connectivity index (χ4n) is 3.71. The Labute approximate surface area is 135 Å². The quantitative estimate of drug-likeness (QED) is 0.781. The van der Waals surface area contributed by atoms with E-state index in [1.165, 1.54) is 38.6 Å². The summed E-state index contributed by atoms with van der Waals surface area (Å²) in [6.07, 6.45) is 8.70. The van der Waals surface area contributed by atoms with Crippen LogP contribution in [0.5, 0.6) is 0 Å². The van der Waals surface area contributed by atoms with Gasteiger partial charge in [-0.2, -0.15) is 0 Å². The van der Waals surface area contributed by atoms with Crippen molar-refractivity contribution in [3.8, 4) is 0 Å². The minimum absolute atomic E-state index is 0.122. The average molecular weight is 311 g/mol. The summed E-state index contributed by atoms with van der Waals surface area (Å²) >= 11 is 0. The number of nitrogens with zero attached hydrogens (tertiary/aromatic N) is 1. The van der Waals surface area contributed by atoms with Crippen LogP contribution in [-0.2, 0) is 9.53 Å². The maximum atomic E-state index is 11.8. The topological polar surface area (TPSA) is 53.6 Å². The van der Waals surface area contributed by atoms with Crippen LogP contribution in [0.4, 0.5) is 0 Å². The first kappa shape index (κ1) is 17.7. The van der Waals surface area contributed by atoms with Crippen molar-refractivity contribution in [2.24, 2.45) is 0 Å². The molecule has 128 valence electrons. The minimum Gasteiger partial charge on any atom is -0.375 e. The van der Waals surface area contributed by atoms with E-state index in [-0.39, 0.29) is 12.5 Å². The van der Waals surface area contributed by atoms with Gasteiger partial charge in [0.2, 0.25) is 5.91 Å². The van der Waals surface area contributed by atoms with E-state index in [0.29, 0.717) is 18.1 Å². The number of ether oxygens (including phenoxy) is 1. The van der Waals surface area contributed by atoms with Crippen molar-refractivity contribution in [1.82, 2.24) is 15.5 Å². The van der Waals surface area contributed by atoms with Gasteiger partial charge in [-0.3, -0.25) is 4.79 Å². The van der Waals surface area contributed by atoms with Crippen molar-refractivity contribution in [2.45, 2.75) is 70.0 Å². The number of methoxy groups -OCH3 is 1. The summed E-state index contributed by atoms with van der Waals surface area (Å²) in [7, 11) is 1.58. The molecule has 0 spiro atoms. The highest BCUT2D eigenvalue weighted by atomic mass is 16.5. The van der Waals surface area contributed by atoms with Crippen LogP contribution in [0.3, 0.4) is 0 Å². The van der Waals surface area contributed by atoms with Gasteiger partial charge in [-0.05, 0) is 45.6 Å². The second-order valence-corrected chi connectivity index (χ2v) is 6.89. The maximum Gasteiger partial charge on any atom is 0.248 e. The molecule has 2 saturated heterocycles. The average Bonchev–Trinajstić information content (AvgIpc) is 2.77. The van der Waals surface area contributed by atoms with Gasteiger partial charge in [0.15, 0.2) is 0 Å². The first-order chi connectivity index (χ1) is 10.7. The van der Waals surface area contributed by atoms with Crippen LogP contribution in [0.1, 0.15) is 51.9 Å². The van der Waals surface area contributed by atoms with Crippen molar-refractivity contribution in [1.29, 1.82) is 0 Å². The van der Waals surface area contributed by atoms with E-state index in [0.717, 1.165) is 25.9 Å². The number of amides is 1. The van der Waals surface area contributed by atoms with Crippen molar-refractivity contribution >= 4 is 5.91 Å². The van der Waals surface area contributed by atoms with E-state index < -0.39 is 0 Å². The van der Waals surface area contributed by atoms with Crippen molar-refractivity contribution in [2.75, 3.05) is 33.4 Å². The summed E-state index contributed by atoms with van der Waals surface area (Å²) in [4.78, 5) is 13.7. The molecule has 2 N–H and O–H groups in total. The number of rotatable bonds is 6. The van der Waals surface area contributed by atoms with Gasteiger partial charge >= 0.3 is 0 Å². The summed E-state index contributed by atoms with van der Waals surface area (Å²) in [5.41, 5.74) is 0. The molecule has 2 atom stereocenters. The number of hydrogen-bond acceptors (Lipinski definition) is 4. The van der Waals surface area contributed by atoms with Crippen LogP contribution < -0.4 is 10.6 Å². The molecule has 5 nitrogen and oxygen atoms in total. The molecule has 0 bridgehead atoms.